The first-order valence-corrected chi connectivity index (χ1v) is 9.51. The first-order valence-electron chi connectivity index (χ1n) is 8.76. The van der Waals surface area contributed by atoms with Gasteiger partial charge in [0.2, 0.25) is 0 Å². The summed E-state index contributed by atoms with van der Waals surface area (Å²) in [6.07, 6.45) is 3.65. The van der Waals surface area contributed by atoms with Crippen LogP contribution in [0.2, 0.25) is 10.0 Å². The molecular formula is C20H22Cl2O4. The molecule has 0 spiro atoms. The highest BCUT2D eigenvalue weighted by Crippen LogP contribution is 2.38. The quantitative estimate of drug-likeness (QED) is 0.298. The van der Waals surface area contributed by atoms with E-state index in [0.717, 1.165) is 24.6 Å². The predicted molar refractivity (Wildman–Crippen MR) is 104 cm³/mol. The van der Waals surface area contributed by atoms with Crippen molar-refractivity contribution < 1.29 is 19.1 Å². The molecule has 26 heavy (non-hydrogen) atoms. The van der Waals surface area contributed by atoms with Gasteiger partial charge in [0.25, 0.3) is 0 Å². The van der Waals surface area contributed by atoms with Gasteiger partial charge in [0, 0.05) is 23.6 Å². The van der Waals surface area contributed by atoms with Crippen LogP contribution in [0.25, 0.3) is 10.8 Å². The summed E-state index contributed by atoms with van der Waals surface area (Å²) < 4.78 is 10.5. The van der Waals surface area contributed by atoms with Gasteiger partial charge < -0.3 is 9.47 Å². The molecule has 0 aliphatic carbocycles. The van der Waals surface area contributed by atoms with Crippen LogP contribution in [-0.2, 0) is 14.3 Å². The van der Waals surface area contributed by atoms with Gasteiger partial charge >= 0.3 is 11.9 Å². The first-order chi connectivity index (χ1) is 12.5. The average Bonchev–Trinajstić information content (AvgIpc) is 2.62. The van der Waals surface area contributed by atoms with Crippen LogP contribution in [0.1, 0.15) is 45.4 Å². The number of hydrogen-bond donors (Lipinski definition) is 0. The topological polar surface area (TPSA) is 52.6 Å². The van der Waals surface area contributed by atoms with Crippen molar-refractivity contribution >= 4 is 45.9 Å². The summed E-state index contributed by atoms with van der Waals surface area (Å²) in [5.74, 6) is -0.444. The molecule has 0 saturated carbocycles. The van der Waals surface area contributed by atoms with Gasteiger partial charge in [-0.1, -0.05) is 67.2 Å². The van der Waals surface area contributed by atoms with Crippen LogP contribution in [-0.4, -0.2) is 18.5 Å². The van der Waals surface area contributed by atoms with E-state index in [0.29, 0.717) is 29.2 Å². The monoisotopic (exact) mass is 396 g/mol. The number of fused-ring (bicyclic) bond motifs is 1. The Kier molecular flexibility index (Phi) is 8.20. The van der Waals surface area contributed by atoms with Gasteiger partial charge in [0.1, 0.15) is 0 Å². The van der Waals surface area contributed by atoms with Gasteiger partial charge in [0.15, 0.2) is 5.75 Å². The minimum atomic E-state index is -0.446. The van der Waals surface area contributed by atoms with E-state index < -0.39 is 5.97 Å². The molecule has 0 aliphatic heterocycles. The fourth-order valence-corrected chi connectivity index (χ4v) is 3.11. The van der Waals surface area contributed by atoms with Crippen molar-refractivity contribution in [3.8, 4) is 5.75 Å². The lowest BCUT2D eigenvalue weighted by molar-refractivity contribution is -0.144. The molecule has 6 heteroatoms. The SMILES string of the molecule is CCCCCOC(=O)CCCC(=O)Oc1c(Cl)cc(Cl)c2ccccc12. The zero-order valence-corrected chi connectivity index (χ0v) is 16.2. The van der Waals surface area contributed by atoms with Crippen LogP contribution in [0.4, 0.5) is 0 Å². The fraction of sp³-hybridized carbons (Fsp3) is 0.400. The van der Waals surface area contributed by atoms with Gasteiger partial charge in [-0.3, -0.25) is 9.59 Å². The molecule has 0 aromatic heterocycles. The molecule has 0 unspecified atom stereocenters. The Bertz CT molecular complexity index is 774. The molecule has 4 nitrogen and oxygen atoms in total. The van der Waals surface area contributed by atoms with Gasteiger partial charge in [0.05, 0.1) is 16.7 Å². The van der Waals surface area contributed by atoms with Crippen molar-refractivity contribution in [3.63, 3.8) is 0 Å². The summed E-state index contributed by atoms with van der Waals surface area (Å²) in [6.45, 7) is 2.52. The summed E-state index contributed by atoms with van der Waals surface area (Å²) >= 11 is 12.4. The lowest BCUT2D eigenvalue weighted by Gasteiger charge is -2.11. The Morgan fingerprint density at radius 2 is 1.62 bits per heavy atom. The van der Waals surface area contributed by atoms with Crippen molar-refractivity contribution in [2.24, 2.45) is 0 Å². The minimum absolute atomic E-state index is 0.108. The van der Waals surface area contributed by atoms with Crippen LogP contribution in [0, 0.1) is 0 Å². The average molecular weight is 397 g/mol. The molecule has 0 saturated heterocycles. The molecule has 0 heterocycles. The molecule has 2 rings (SSSR count). The van der Waals surface area contributed by atoms with E-state index in [9.17, 15) is 9.59 Å². The zero-order chi connectivity index (χ0) is 18.9. The Morgan fingerprint density at radius 3 is 2.35 bits per heavy atom. The lowest BCUT2D eigenvalue weighted by atomic mass is 10.1. The smallest absolute Gasteiger partial charge is 0.311 e. The summed E-state index contributed by atoms with van der Waals surface area (Å²) in [5, 5.41) is 2.21. The molecule has 0 aliphatic rings. The van der Waals surface area contributed by atoms with E-state index in [-0.39, 0.29) is 23.8 Å². The fourth-order valence-electron chi connectivity index (χ4n) is 2.53. The van der Waals surface area contributed by atoms with Gasteiger partial charge in [-0.2, -0.15) is 0 Å². The third-order valence-corrected chi connectivity index (χ3v) is 4.48. The normalized spacial score (nSPS) is 10.7. The molecule has 2 aromatic rings. The van der Waals surface area contributed by atoms with Crippen LogP contribution in [0.3, 0.4) is 0 Å². The van der Waals surface area contributed by atoms with Gasteiger partial charge in [-0.05, 0) is 18.9 Å². The van der Waals surface area contributed by atoms with Crippen LogP contribution < -0.4 is 4.74 Å². The van der Waals surface area contributed by atoms with E-state index in [1.165, 1.54) is 0 Å². The van der Waals surface area contributed by atoms with Crippen molar-refractivity contribution in [2.45, 2.75) is 45.4 Å². The summed E-state index contributed by atoms with van der Waals surface area (Å²) in [4.78, 5) is 23.7. The van der Waals surface area contributed by atoms with Crippen molar-refractivity contribution in [3.05, 3.63) is 40.4 Å². The summed E-state index contributed by atoms with van der Waals surface area (Å²) in [7, 11) is 0. The summed E-state index contributed by atoms with van der Waals surface area (Å²) in [5.41, 5.74) is 0. The molecule has 0 fully saturated rings. The van der Waals surface area contributed by atoms with E-state index in [2.05, 4.69) is 6.92 Å². The number of rotatable bonds is 9. The number of halogens is 2. The lowest BCUT2D eigenvalue weighted by Crippen LogP contribution is -2.11. The number of esters is 2. The maximum atomic E-state index is 12.1. The number of carbonyl (C=O) groups is 2. The highest BCUT2D eigenvalue weighted by atomic mass is 35.5. The molecule has 0 bridgehead atoms. The molecule has 0 N–H and O–H groups in total. The Labute approximate surface area is 163 Å². The third kappa shape index (κ3) is 5.89. The van der Waals surface area contributed by atoms with E-state index in [1.807, 2.05) is 18.2 Å². The first kappa shape index (κ1) is 20.5. The van der Waals surface area contributed by atoms with Crippen LogP contribution in [0.5, 0.6) is 5.75 Å². The molecule has 140 valence electrons. The standard InChI is InChI=1S/C20H22Cl2O4/c1-2-3-6-12-25-18(23)10-7-11-19(24)26-20-15-9-5-4-8-14(15)16(21)13-17(20)22/h4-5,8-9,13H,2-3,6-7,10-12H2,1H3. The van der Waals surface area contributed by atoms with Gasteiger partial charge in [-0.25, -0.2) is 0 Å². The Morgan fingerprint density at radius 1 is 0.923 bits per heavy atom. The molecular weight excluding hydrogens is 375 g/mol. The molecule has 2 aromatic carbocycles. The van der Waals surface area contributed by atoms with Crippen molar-refractivity contribution in [1.82, 2.24) is 0 Å². The van der Waals surface area contributed by atoms with Crippen LogP contribution in [0.15, 0.2) is 30.3 Å². The second-order valence-electron chi connectivity index (χ2n) is 5.97. The molecule has 0 atom stereocenters. The highest BCUT2D eigenvalue weighted by molar-refractivity contribution is 6.40. The van der Waals surface area contributed by atoms with Gasteiger partial charge in [-0.15, -0.1) is 0 Å². The highest BCUT2D eigenvalue weighted by Gasteiger charge is 2.15. The van der Waals surface area contributed by atoms with E-state index in [1.54, 1.807) is 12.1 Å². The van der Waals surface area contributed by atoms with Crippen LogP contribution >= 0.6 is 23.2 Å². The van der Waals surface area contributed by atoms with E-state index >= 15 is 0 Å². The number of carbonyl (C=O) groups excluding carboxylic acids is 2. The van der Waals surface area contributed by atoms with Crippen molar-refractivity contribution in [1.29, 1.82) is 0 Å². The van der Waals surface area contributed by atoms with Crippen molar-refractivity contribution in [2.75, 3.05) is 6.61 Å². The number of hydrogen-bond acceptors (Lipinski definition) is 4. The maximum Gasteiger partial charge on any atom is 0.311 e. The second kappa shape index (κ2) is 10.4. The zero-order valence-electron chi connectivity index (χ0n) is 14.7. The Hall–Kier alpha value is -1.78. The maximum absolute atomic E-state index is 12.1. The number of unbranched alkanes of at least 4 members (excludes halogenated alkanes) is 2. The predicted octanol–water partition coefficient (Wildman–Crippen LogP) is 5.96. The Balaban J connectivity index is 1.87. The van der Waals surface area contributed by atoms with E-state index in [4.69, 9.17) is 32.7 Å². The minimum Gasteiger partial charge on any atom is -0.466 e. The molecule has 0 radical (unpaired) electrons. The molecule has 0 amide bonds. The number of ether oxygens (including phenoxy) is 2. The second-order valence-corrected chi connectivity index (χ2v) is 6.78. The number of benzene rings is 2. The largest absolute Gasteiger partial charge is 0.466 e. The third-order valence-electron chi connectivity index (χ3n) is 3.89. The summed E-state index contributed by atoms with van der Waals surface area (Å²) in [6, 6.07) is 8.85.